The van der Waals surface area contributed by atoms with Crippen LogP contribution in [-0.4, -0.2) is 9.55 Å². The van der Waals surface area contributed by atoms with Crippen molar-refractivity contribution >= 4 is 22.6 Å². The summed E-state index contributed by atoms with van der Waals surface area (Å²) in [7, 11) is 0. The molecule has 0 unspecified atom stereocenters. The van der Waals surface area contributed by atoms with Crippen LogP contribution in [0.25, 0.3) is 11.0 Å². The van der Waals surface area contributed by atoms with Gasteiger partial charge in [0.25, 0.3) is 0 Å². The van der Waals surface area contributed by atoms with E-state index in [9.17, 15) is 0 Å². The van der Waals surface area contributed by atoms with E-state index in [-0.39, 0.29) is 0 Å². The first-order valence-electron chi connectivity index (χ1n) is 3.35. The van der Waals surface area contributed by atoms with Crippen LogP contribution in [0.5, 0.6) is 0 Å². The molecule has 58 valence electrons. The average molecular weight is 178 g/mol. The van der Waals surface area contributed by atoms with Crippen molar-refractivity contribution < 1.29 is 0 Å². The van der Waals surface area contributed by atoms with Crippen molar-refractivity contribution in [3.63, 3.8) is 0 Å². The third-order valence-electron chi connectivity index (χ3n) is 1.61. The van der Waals surface area contributed by atoms with Gasteiger partial charge >= 0.3 is 0 Å². The standard InChI is InChI=1S/C8H4ClN3/c9-7-2-1-6-3-4-12(5-10)8(6)11-7/h1-4H. The molecule has 12 heavy (non-hydrogen) atoms. The van der Waals surface area contributed by atoms with Crippen molar-refractivity contribution in [2.45, 2.75) is 0 Å². The molecule has 0 aliphatic rings. The van der Waals surface area contributed by atoms with E-state index in [1.807, 2.05) is 18.3 Å². The Hall–Kier alpha value is -1.53. The van der Waals surface area contributed by atoms with Crippen LogP contribution in [0.15, 0.2) is 24.4 Å². The van der Waals surface area contributed by atoms with E-state index in [4.69, 9.17) is 16.9 Å². The number of hydrogen-bond donors (Lipinski definition) is 0. The quantitative estimate of drug-likeness (QED) is 0.578. The summed E-state index contributed by atoms with van der Waals surface area (Å²) in [5.41, 5.74) is 0.602. The van der Waals surface area contributed by atoms with Gasteiger partial charge in [0.05, 0.1) is 0 Å². The van der Waals surface area contributed by atoms with Crippen molar-refractivity contribution in [1.82, 2.24) is 9.55 Å². The van der Waals surface area contributed by atoms with Crippen LogP contribution >= 0.6 is 11.6 Å². The van der Waals surface area contributed by atoms with E-state index < -0.39 is 0 Å². The summed E-state index contributed by atoms with van der Waals surface area (Å²) in [5.74, 6) is 0. The van der Waals surface area contributed by atoms with Crippen molar-refractivity contribution in [2.24, 2.45) is 0 Å². The topological polar surface area (TPSA) is 41.6 Å². The van der Waals surface area contributed by atoms with Crippen molar-refractivity contribution in [3.8, 4) is 6.19 Å². The zero-order valence-corrected chi connectivity index (χ0v) is 6.78. The molecule has 0 N–H and O–H groups in total. The Bertz CT molecular complexity index is 467. The number of rotatable bonds is 0. The highest BCUT2D eigenvalue weighted by molar-refractivity contribution is 6.29. The smallest absolute Gasteiger partial charge is 0.190 e. The molecule has 0 bridgehead atoms. The van der Waals surface area contributed by atoms with Crippen molar-refractivity contribution in [2.75, 3.05) is 0 Å². The van der Waals surface area contributed by atoms with Gasteiger partial charge in [-0.3, -0.25) is 0 Å². The Morgan fingerprint density at radius 3 is 3.00 bits per heavy atom. The first-order chi connectivity index (χ1) is 5.81. The summed E-state index contributed by atoms with van der Waals surface area (Å²) in [6.07, 6.45) is 3.63. The van der Waals surface area contributed by atoms with Crippen LogP contribution in [0.4, 0.5) is 0 Å². The number of nitrogens with zero attached hydrogens (tertiary/aromatic N) is 3. The summed E-state index contributed by atoms with van der Waals surface area (Å²) in [5, 5.41) is 9.96. The normalized spacial score (nSPS) is 10.0. The second kappa shape index (κ2) is 2.50. The first kappa shape index (κ1) is 7.14. The Morgan fingerprint density at radius 2 is 2.25 bits per heavy atom. The maximum Gasteiger partial charge on any atom is 0.190 e. The number of halogens is 1. The van der Waals surface area contributed by atoms with Crippen LogP contribution in [0.1, 0.15) is 0 Å². The predicted octanol–water partition coefficient (Wildman–Crippen LogP) is 2.02. The fourth-order valence-corrected chi connectivity index (χ4v) is 1.21. The third-order valence-corrected chi connectivity index (χ3v) is 1.82. The Balaban J connectivity index is 2.86. The molecule has 0 fully saturated rings. The minimum Gasteiger partial charge on any atom is -0.237 e. The summed E-state index contributed by atoms with van der Waals surface area (Å²) < 4.78 is 1.38. The van der Waals surface area contributed by atoms with Crippen molar-refractivity contribution in [3.05, 3.63) is 29.5 Å². The second-order valence-corrected chi connectivity index (χ2v) is 2.72. The highest BCUT2D eigenvalue weighted by atomic mass is 35.5. The largest absolute Gasteiger partial charge is 0.237 e. The van der Waals surface area contributed by atoms with Gasteiger partial charge in [0.2, 0.25) is 0 Å². The lowest BCUT2D eigenvalue weighted by molar-refractivity contribution is 1.11. The molecular formula is C8H4ClN3. The Kier molecular flexibility index (Phi) is 1.49. The zero-order chi connectivity index (χ0) is 8.55. The molecule has 0 radical (unpaired) electrons. The molecule has 2 rings (SSSR count). The highest BCUT2D eigenvalue weighted by Gasteiger charge is 2.00. The van der Waals surface area contributed by atoms with Gasteiger partial charge in [-0.05, 0) is 18.2 Å². The van der Waals surface area contributed by atoms with E-state index >= 15 is 0 Å². The van der Waals surface area contributed by atoms with Gasteiger partial charge in [0, 0.05) is 11.6 Å². The molecule has 3 nitrogen and oxygen atoms in total. The molecule has 4 heteroatoms. The minimum atomic E-state index is 0.401. The summed E-state index contributed by atoms with van der Waals surface area (Å²) >= 11 is 5.67. The molecule has 0 aromatic carbocycles. The molecule has 2 aromatic rings. The van der Waals surface area contributed by atoms with Gasteiger partial charge in [-0.25, -0.2) is 9.55 Å². The van der Waals surface area contributed by atoms with Gasteiger partial charge in [-0.2, -0.15) is 5.26 Å². The highest BCUT2D eigenvalue weighted by Crippen LogP contribution is 2.15. The number of hydrogen-bond acceptors (Lipinski definition) is 2. The maximum atomic E-state index is 8.65. The fourth-order valence-electron chi connectivity index (χ4n) is 1.07. The number of fused-ring (bicyclic) bond motifs is 1. The molecule has 2 heterocycles. The van der Waals surface area contributed by atoms with E-state index in [0.717, 1.165) is 5.39 Å². The molecule has 0 saturated heterocycles. The summed E-state index contributed by atoms with van der Waals surface area (Å²) in [6.45, 7) is 0. The van der Waals surface area contributed by atoms with Gasteiger partial charge < -0.3 is 0 Å². The van der Waals surface area contributed by atoms with E-state index in [1.54, 1.807) is 12.3 Å². The Labute approximate surface area is 73.8 Å². The average Bonchev–Trinajstić information content (AvgIpc) is 2.46. The number of nitriles is 1. The van der Waals surface area contributed by atoms with Crippen LogP contribution < -0.4 is 0 Å². The SMILES string of the molecule is N#Cn1ccc2ccc(Cl)nc21. The minimum absolute atomic E-state index is 0.401. The van der Waals surface area contributed by atoms with Crippen LogP contribution in [0, 0.1) is 11.5 Å². The van der Waals surface area contributed by atoms with Crippen LogP contribution in [0.3, 0.4) is 0 Å². The lowest BCUT2D eigenvalue weighted by Gasteiger charge is -1.91. The van der Waals surface area contributed by atoms with Crippen LogP contribution in [0.2, 0.25) is 5.15 Å². The predicted molar refractivity (Wildman–Crippen MR) is 45.8 cm³/mol. The van der Waals surface area contributed by atoms with Crippen LogP contribution in [-0.2, 0) is 0 Å². The van der Waals surface area contributed by atoms with E-state index in [2.05, 4.69) is 4.98 Å². The third kappa shape index (κ3) is 0.936. The molecule has 0 spiro atoms. The van der Waals surface area contributed by atoms with E-state index in [0.29, 0.717) is 10.8 Å². The molecular weight excluding hydrogens is 174 g/mol. The maximum absolute atomic E-state index is 8.65. The van der Waals surface area contributed by atoms with Gasteiger partial charge in [-0.15, -0.1) is 0 Å². The molecule has 0 atom stereocenters. The molecule has 2 aromatic heterocycles. The molecule has 0 aliphatic heterocycles. The lowest BCUT2D eigenvalue weighted by atomic mass is 10.3. The van der Waals surface area contributed by atoms with Gasteiger partial charge in [-0.1, -0.05) is 11.6 Å². The Morgan fingerprint density at radius 1 is 1.42 bits per heavy atom. The molecule has 0 aliphatic carbocycles. The number of pyridine rings is 1. The van der Waals surface area contributed by atoms with E-state index in [1.165, 1.54) is 4.57 Å². The second-order valence-electron chi connectivity index (χ2n) is 2.33. The lowest BCUT2D eigenvalue weighted by Crippen LogP contribution is -1.87. The van der Waals surface area contributed by atoms with Gasteiger partial charge in [0.1, 0.15) is 5.15 Å². The number of aromatic nitrogens is 2. The molecule has 0 saturated carbocycles. The monoisotopic (exact) mass is 177 g/mol. The zero-order valence-electron chi connectivity index (χ0n) is 6.03. The first-order valence-corrected chi connectivity index (χ1v) is 3.73. The van der Waals surface area contributed by atoms with Gasteiger partial charge in [0.15, 0.2) is 11.8 Å². The van der Waals surface area contributed by atoms with Crippen molar-refractivity contribution in [1.29, 1.82) is 5.26 Å². The fraction of sp³-hybridized carbons (Fsp3) is 0. The molecule has 0 amide bonds. The summed E-state index contributed by atoms with van der Waals surface area (Å²) in [6, 6.07) is 5.35. The summed E-state index contributed by atoms with van der Waals surface area (Å²) in [4.78, 5) is 4.01.